The summed E-state index contributed by atoms with van der Waals surface area (Å²) in [6, 6.07) is 10.1. The summed E-state index contributed by atoms with van der Waals surface area (Å²) < 4.78 is 27.8. The zero-order chi connectivity index (χ0) is 15.3. The first-order chi connectivity index (χ1) is 10.1. The van der Waals surface area contributed by atoms with Crippen molar-refractivity contribution in [2.75, 3.05) is 51.2 Å². The Hall–Kier alpha value is -1.15. The first kappa shape index (κ1) is 16.2. The van der Waals surface area contributed by atoms with Gasteiger partial charge in [-0.1, -0.05) is 18.2 Å². The molecule has 0 amide bonds. The molecular formula is C14H24N4O2S. The van der Waals surface area contributed by atoms with Crippen LogP contribution in [0.2, 0.25) is 0 Å². The van der Waals surface area contributed by atoms with E-state index in [-0.39, 0.29) is 0 Å². The average Bonchev–Trinajstić information content (AvgIpc) is 2.53. The minimum absolute atomic E-state index is 0.470. The van der Waals surface area contributed by atoms with Crippen LogP contribution in [-0.4, -0.2) is 63.3 Å². The van der Waals surface area contributed by atoms with Gasteiger partial charge in [0, 0.05) is 45.5 Å². The molecule has 1 aliphatic rings. The maximum absolute atomic E-state index is 12.4. The highest BCUT2D eigenvalue weighted by Crippen LogP contribution is 2.18. The van der Waals surface area contributed by atoms with Gasteiger partial charge in [-0.2, -0.15) is 17.0 Å². The van der Waals surface area contributed by atoms with Crippen molar-refractivity contribution in [2.24, 2.45) is 5.73 Å². The Labute approximate surface area is 127 Å². The molecule has 1 fully saturated rings. The van der Waals surface area contributed by atoms with E-state index in [1.165, 1.54) is 4.31 Å². The summed E-state index contributed by atoms with van der Waals surface area (Å²) in [5.41, 5.74) is 6.58. The van der Waals surface area contributed by atoms with E-state index in [4.69, 9.17) is 5.73 Å². The molecule has 118 valence electrons. The molecule has 6 nitrogen and oxygen atoms in total. The lowest BCUT2D eigenvalue weighted by Crippen LogP contribution is -2.52. The smallest absolute Gasteiger partial charge is 0.281 e. The lowest BCUT2D eigenvalue weighted by molar-refractivity contribution is 0.341. The first-order valence-electron chi connectivity index (χ1n) is 7.27. The van der Waals surface area contributed by atoms with E-state index in [0.29, 0.717) is 45.7 Å². The van der Waals surface area contributed by atoms with Crippen LogP contribution in [0.15, 0.2) is 30.3 Å². The van der Waals surface area contributed by atoms with E-state index in [1.807, 2.05) is 18.2 Å². The molecule has 1 saturated heterocycles. The second-order valence-electron chi connectivity index (χ2n) is 5.19. The number of hydrogen-bond acceptors (Lipinski definition) is 4. The fourth-order valence-corrected chi connectivity index (χ4v) is 3.82. The maximum atomic E-state index is 12.4. The fourth-order valence-electron chi connectivity index (χ4n) is 2.44. The third-order valence-electron chi connectivity index (χ3n) is 3.76. The molecule has 1 heterocycles. The van der Waals surface area contributed by atoms with Crippen LogP contribution in [0, 0.1) is 0 Å². The highest BCUT2D eigenvalue weighted by atomic mass is 32.2. The summed E-state index contributed by atoms with van der Waals surface area (Å²) in [5.74, 6) is 0. The van der Waals surface area contributed by atoms with Gasteiger partial charge in [0.25, 0.3) is 10.2 Å². The van der Waals surface area contributed by atoms with Crippen LogP contribution >= 0.6 is 0 Å². The van der Waals surface area contributed by atoms with Gasteiger partial charge < -0.3 is 10.6 Å². The number of para-hydroxylation sites is 1. The quantitative estimate of drug-likeness (QED) is 0.822. The van der Waals surface area contributed by atoms with Crippen molar-refractivity contribution in [1.29, 1.82) is 0 Å². The van der Waals surface area contributed by atoms with Gasteiger partial charge in [-0.3, -0.25) is 0 Å². The number of nitrogens with zero attached hydrogens (tertiary/aromatic N) is 3. The number of rotatable bonds is 6. The number of benzene rings is 1. The molecule has 0 aliphatic carbocycles. The molecular weight excluding hydrogens is 288 g/mol. The second kappa shape index (κ2) is 7.22. The van der Waals surface area contributed by atoms with Crippen molar-refractivity contribution in [2.45, 2.75) is 6.42 Å². The number of piperazine rings is 1. The zero-order valence-corrected chi connectivity index (χ0v) is 13.3. The average molecular weight is 312 g/mol. The van der Waals surface area contributed by atoms with Crippen molar-refractivity contribution < 1.29 is 8.42 Å². The molecule has 21 heavy (non-hydrogen) atoms. The third-order valence-corrected chi connectivity index (χ3v) is 5.75. The Bertz CT molecular complexity index is 527. The van der Waals surface area contributed by atoms with Crippen molar-refractivity contribution in [1.82, 2.24) is 8.61 Å². The summed E-state index contributed by atoms with van der Waals surface area (Å²) in [7, 11) is -1.74. The zero-order valence-electron chi connectivity index (χ0n) is 12.5. The Morgan fingerprint density at radius 1 is 1.14 bits per heavy atom. The lowest BCUT2D eigenvalue weighted by atomic mass is 10.2. The van der Waals surface area contributed by atoms with E-state index in [0.717, 1.165) is 5.69 Å². The van der Waals surface area contributed by atoms with Gasteiger partial charge in [-0.15, -0.1) is 0 Å². The van der Waals surface area contributed by atoms with E-state index in [9.17, 15) is 8.42 Å². The summed E-state index contributed by atoms with van der Waals surface area (Å²) in [6.45, 7) is 3.44. The molecule has 0 atom stereocenters. The van der Waals surface area contributed by atoms with Gasteiger partial charge in [-0.05, 0) is 25.1 Å². The topological polar surface area (TPSA) is 69.9 Å². The van der Waals surface area contributed by atoms with Gasteiger partial charge in [0.1, 0.15) is 0 Å². The monoisotopic (exact) mass is 312 g/mol. The van der Waals surface area contributed by atoms with Gasteiger partial charge in [0.05, 0.1) is 0 Å². The molecule has 0 radical (unpaired) electrons. The normalized spacial score (nSPS) is 17.4. The Morgan fingerprint density at radius 2 is 1.76 bits per heavy atom. The predicted octanol–water partition coefficient (Wildman–Crippen LogP) is 0.334. The molecule has 0 bridgehead atoms. The number of hydrogen-bond donors (Lipinski definition) is 1. The highest BCUT2D eigenvalue weighted by Gasteiger charge is 2.29. The molecule has 0 saturated carbocycles. The van der Waals surface area contributed by atoms with Crippen LogP contribution in [0.1, 0.15) is 6.42 Å². The summed E-state index contributed by atoms with van der Waals surface area (Å²) in [6.07, 6.45) is 0.680. The minimum Gasteiger partial charge on any atom is -0.369 e. The largest absolute Gasteiger partial charge is 0.369 e. The van der Waals surface area contributed by atoms with Gasteiger partial charge in [-0.25, -0.2) is 0 Å². The lowest BCUT2D eigenvalue weighted by Gasteiger charge is -2.37. The van der Waals surface area contributed by atoms with E-state index in [1.54, 1.807) is 11.4 Å². The molecule has 2 N–H and O–H groups in total. The van der Waals surface area contributed by atoms with Crippen molar-refractivity contribution >= 4 is 15.9 Å². The standard InChI is InChI=1S/C14H24N4O2S/c1-16(9-5-8-15)21(19,20)18-12-10-17(11-13-18)14-6-3-2-4-7-14/h2-4,6-7H,5,8-13,15H2,1H3. The predicted molar refractivity (Wildman–Crippen MR) is 85.4 cm³/mol. The molecule has 0 aromatic heterocycles. The fraction of sp³-hybridized carbons (Fsp3) is 0.571. The molecule has 2 rings (SSSR count). The van der Waals surface area contributed by atoms with Gasteiger partial charge >= 0.3 is 0 Å². The van der Waals surface area contributed by atoms with Crippen LogP contribution in [0.3, 0.4) is 0 Å². The van der Waals surface area contributed by atoms with Crippen LogP contribution in [-0.2, 0) is 10.2 Å². The van der Waals surface area contributed by atoms with Crippen LogP contribution < -0.4 is 10.6 Å². The van der Waals surface area contributed by atoms with Crippen molar-refractivity contribution in [3.05, 3.63) is 30.3 Å². The van der Waals surface area contributed by atoms with E-state index in [2.05, 4.69) is 17.0 Å². The van der Waals surface area contributed by atoms with Gasteiger partial charge in [0.2, 0.25) is 0 Å². The van der Waals surface area contributed by atoms with Crippen molar-refractivity contribution in [3.63, 3.8) is 0 Å². The molecule has 1 aromatic rings. The van der Waals surface area contributed by atoms with Crippen molar-refractivity contribution in [3.8, 4) is 0 Å². The van der Waals surface area contributed by atoms with Gasteiger partial charge in [0.15, 0.2) is 0 Å². The molecule has 1 aliphatic heterocycles. The summed E-state index contributed by atoms with van der Waals surface area (Å²) in [5, 5.41) is 0. The van der Waals surface area contributed by atoms with Crippen LogP contribution in [0.25, 0.3) is 0 Å². The Balaban J connectivity index is 1.94. The SMILES string of the molecule is CN(CCCN)S(=O)(=O)N1CCN(c2ccccc2)CC1. The Morgan fingerprint density at radius 3 is 2.33 bits per heavy atom. The molecule has 7 heteroatoms. The van der Waals surface area contributed by atoms with E-state index < -0.39 is 10.2 Å². The minimum atomic E-state index is -3.36. The third kappa shape index (κ3) is 3.94. The second-order valence-corrected chi connectivity index (χ2v) is 7.23. The summed E-state index contributed by atoms with van der Waals surface area (Å²) >= 11 is 0. The maximum Gasteiger partial charge on any atom is 0.281 e. The van der Waals surface area contributed by atoms with Crippen LogP contribution in [0.5, 0.6) is 0 Å². The highest BCUT2D eigenvalue weighted by molar-refractivity contribution is 7.86. The van der Waals surface area contributed by atoms with Crippen LogP contribution in [0.4, 0.5) is 5.69 Å². The number of anilines is 1. The summed E-state index contributed by atoms with van der Waals surface area (Å²) in [4.78, 5) is 2.21. The first-order valence-corrected chi connectivity index (χ1v) is 8.67. The molecule has 0 spiro atoms. The Kier molecular flexibility index (Phi) is 5.58. The number of nitrogens with two attached hydrogens (primary N) is 1. The molecule has 0 unspecified atom stereocenters. The molecule has 1 aromatic carbocycles. The van der Waals surface area contributed by atoms with E-state index >= 15 is 0 Å².